The second kappa shape index (κ2) is 4.24. The molecule has 1 rings (SSSR count). The zero-order valence-corrected chi connectivity index (χ0v) is 8.40. The molecule has 2 nitrogen and oxygen atoms in total. The normalized spacial score (nSPS) is 19.2. The molecule has 0 saturated heterocycles. The van der Waals surface area contributed by atoms with Crippen molar-refractivity contribution < 1.29 is 0 Å². The zero-order valence-electron chi connectivity index (χ0n) is 8.40. The number of hydrogen-bond acceptors (Lipinski definition) is 2. The Bertz CT molecular complexity index is 126. The van der Waals surface area contributed by atoms with E-state index < -0.39 is 0 Å². The standard InChI is InChI=1S/C10H22N2/c1-3-10(11,4-2)8-12-9-6-5-7-9/h9,12H,3-8,11H2,1-2H3. The Hall–Kier alpha value is -0.0800. The topological polar surface area (TPSA) is 38.0 Å². The number of rotatable bonds is 5. The molecule has 0 atom stereocenters. The summed E-state index contributed by atoms with van der Waals surface area (Å²) >= 11 is 0. The van der Waals surface area contributed by atoms with E-state index in [1.54, 1.807) is 0 Å². The minimum absolute atomic E-state index is 0.0373. The van der Waals surface area contributed by atoms with Crippen molar-refractivity contribution in [3.63, 3.8) is 0 Å². The Morgan fingerprint density at radius 3 is 2.25 bits per heavy atom. The highest BCUT2D eigenvalue weighted by Crippen LogP contribution is 2.19. The second-order valence-corrected chi connectivity index (χ2v) is 4.08. The van der Waals surface area contributed by atoms with Gasteiger partial charge in [-0.25, -0.2) is 0 Å². The molecule has 0 unspecified atom stereocenters. The monoisotopic (exact) mass is 170 g/mol. The summed E-state index contributed by atoms with van der Waals surface area (Å²) < 4.78 is 0. The van der Waals surface area contributed by atoms with Crippen molar-refractivity contribution in [1.82, 2.24) is 5.32 Å². The van der Waals surface area contributed by atoms with Crippen molar-refractivity contribution in [1.29, 1.82) is 0 Å². The van der Waals surface area contributed by atoms with Crippen molar-refractivity contribution in [2.24, 2.45) is 5.73 Å². The van der Waals surface area contributed by atoms with Gasteiger partial charge in [-0.15, -0.1) is 0 Å². The van der Waals surface area contributed by atoms with Gasteiger partial charge in [0.15, 0.2) is 0 Å². The van der Waals surface area contributed by atoms with E-state index in [1.165, 1.54) is 19.3 Å². The third kappa shape index (κ3) is 2.46. The molecule has 0 radical (unpaired) electrons. The first-order valence-electron chi connectivity index (χ1n) is 5.22. The minimum atomic E-state index is 0.0373. The van der Waals surface area contributed by atoms with E-state index in [4.69, 9.17) is 5.73 Å². The fraction of sp³-hybridized carbons (Fsp3) is 1.00. The molecule has 12 heavy (non-hydrogen) atoms. The van der Waals surface area contributed by atoms with E-state index in [0.717, 1.165) is 25.4 Å². The Morgan fingerprint density at radius 2 is 1.92 bits per heavy atom. The van der Waals surface area contributed by atoms with E-state index in [1.807, 2.05) is 0 Å². The second-order valence-electron chi connectivity index (χ2n) is 4.08. The summed E-state index contributed by atoms with van der Waals surface area (Å²) in [6.07, 6.45) is 6.24. The van der Waals surface area contributed by atoms with E-state index in [0.29, 0.717) is 0 Å². The van der Waals surface area contributed by atoms with Crippen LogP contribution in [0.2, 0.25) is 0 Å². The van der Waals surface area contributed by atoms with Crippen molar-refractivity contribution in [2.75, 3.05) is 6.54 Å². The summed E-state index contributed by atoms with van der Waals surface area (Å²) in [6.45, 7) is 5.34. The van der Waals surface area contributed by atoms with Gasteiger partial charge in [-0.05, 0) is 25.7 Å². The molecule has 0 bridgehead atoms. The van der Waals surface area contributed by atoms with Gasteiger partial charge < -0.3 is 11.1 Å². The Balaban J connectivity index is 2.17. The quantitative estimate of drug-likeness (QED) is 0.658. The van der Waals surface area contributed by atoms with E-state index in [2.05, 4.69) is 19.2 Å². The van der Waals surface area contributed by atoms with Gasteiger partial charge >= 0.3 is 0 Å². The van der Waals surface area contributed by atoms with E-state index >= 15 is 0 Å². The Labute approximate surface area is 75.9 Å². The molecule has 0 aliphatic heterocycles. The predicted octanol–water partition coefficient (Wildman–Crippen LogP) is 1.65. The molecule has 0 amide bonds. The SMILES string of the molecule is CCC(N)(CC)CNC1CCC1. The van der Waals surface area contributed by atoms with Gasteiger partial charge in [0.1, 0.15) is 0 Å². The Kier molecular flexibility index (Phi) is 3.53. The van der Waals surface area contributed by atoms with Gasteiger partial charge in [0.2, 0.25) is 0 Å². The van der Waals surface area contributed by atoms with Gasteiger partial charge in [-0.1, -0.05) is 20.3 Å². The molecular weight excluding hydrogens is 148 g/mol. The van der Waals surface area contributed by atoms with Crippen LogP contribution >= 0.6 is 0 Å². The fourth-order valence-electron chi connectivity index (χ4n) is 1.46. The van der Waals surface area contributed by atoms with Gasteiger partial charge in [0, 0.05) is 18.1 Å². The highest BCUT2D eigenvalue weighted by molar-refractivity contribution is 4.87. The number of hydrogen-bond donors (Lipinski definition) is 2. The largest absolute Gasteiger partial charge is 0.324 e. The average molecular weight is 170 g/mol. The maximum Gasteiger partial charge on any atom is 0.0275 e. The molecule has 0 aromatic rings. The van der Waals surface area contributed by atoms with Crippen LogP contribution in [0.4, 0.5) is 0 Å². The first-order valence-corrected chi connectivity index (χ1v) is 5.22. The van der Waals surface area contributed by atoms with Crippen molar-refractivity contribution >= 4 is 0 Å². The molecule has 2 heteroatoms. The highest BCUT2D eigenvalue weighted by Gasteiger charge is 2.23. The average Bonchev–Trinajstić information content (AvgIpc) is 2.01. The van der Waals surface area contributed by atoms with Crippen LogP contribution in [0.15, 0.2) is 0 Å². The van der Waals surface area contributed by atoms with Crippen molar-refractivity contribution in [2.45, 2.75) is 57.5 Å². The van der Waals surface area contributed by atoms with Gasteiger partial charge in [-0.2, -0.15) is 0 Å². The third-order valence-corrected chi connectivity index (χ3v) is 3.26. The maximum absolute atomic E-state index is 6.16. The number of nitrogens with two attached hydrogens (primary N) is 1. The Morgan fingerprint density at radius 1 is 1.33 bits per heavy atom. The van der Waals surface area contributed by atoms with Crippen LogP contribution in [-0.4, -0.2) is 18.1 Å². The molecule has 0 heterocycles. The van der Waals surface area contributed by atoms with Crippen LogP contribution in [0.5, 0.6) is 0 Å². The van der Waals surface area contributed by atoms with Crippen LogP contribution in [0.25, 0.3) is 0 Å². The molecular formula is C10H22N2. The summed E-state index contributed by atoms with van der Waals surface area (Å²) in [5, 5.41) is 3.54. The summed E-state index contributed by atoms with van der Waals surface area (Å²) in [5.41, 5.74) is 6.20. The lowest BCUT2D eigenvalue weighted by Crippen LogP contribution is -2.51. The summed E-state index contributed by atoms with van der Waals surface area (Å²) in [4.78, 5) is 0. The first-order chi connectivity index (χ1) is 5.70. The van der Waals surface area contributed by atoms with Crippen LogP contribution in [0, 0.1) is 0 Å². The summed E-state index contributed by atoms with van der Waals surface area (Å²) in [5.74, 6) is 0. The van der Waals surface area contributed by atoms with Crippen LogP contribution in [-0.2, 0) is 0 Å². The summed E-state index contributed by atoms with van der Waals surface area (Å²) in [6, 6.07) is 0.769. The zero-order chi connectivity index (χ0) is 9.03. The fourth-order valence-corrected chi connectivity index (χ4v) is 1.46. The first kappa shape index (κ1) is 10.0. The molecule has 0 aromatic heterocycles. The molecule has 0 spiro atoms. The molecule has 1 saturated carbocycles. The summed E-state index contributed by atoms with van der Waals surface area (Å²) in [7, 11) is 0. The van der Waals surface area contributed by atoms with Crippen LogP contribution < -0.4 is 11.1 Å². The highest BCUT2D eigenvalue weighted by atomic mass is 15.0. The lowest BCUT2D eigenvalue weighted by molar-refractivity contribution is 0.286. The van der Waals surface area contributed by atoms with Crippen molar-refractivity contribution in [3.8, 4) is 0 Å². The molecule has 3 N–H and O–H groups in total. The molecule has 1 fully saturated rings. The van der Waals surface area contributed by atoms with Gasteiger partial charge in [-0.3, -0.25) is 0 Å². The van der Waals surface area contributed by atoms with Crippen LogP contribution in [0.3, 0.4) is 0 Å². The third-order valence-electron chi connectivity index (χ3n) is 3.26. The smallest absolute Gasteiger partial charge is 0.0275 e. The molecule has 1 aliphatic carbocycles. The van der Waals surface area contributed by atoms with E-state index in [9.17, 15) is 0 Å². The maximum atomic E-state index is 6.16. The lowest BCUT2D eigenvalue weighted by Gasteiger charge is -2.33. The molecule has 0 aromatic carbocycles. The van der Waals surface area contributed by atoms with Crippen LogP contribution in [0.1, 0.15) is 46.0 Å². The van der Waals surface area contributed by atoms with Crippen molar-refractivity contribution in [3.05, 3.63) is 0 Å². The number of nitrogens with one attached hydrogen (secondary N) is 1. The molecule has 72 valence electrons. The van der Waals surface area contributed by atoms with E-state index in [-0.39, 0.29) is 5.54 Å². The molecule has 1 aliphatic rings. The van der Waals surface area contributed by atoms with Gasteiger partial charge in [0.25, 0.3) is 0 Å². The minimum Gasteiger partial charge on any atom is -0.324 e. The predicted molar refractivity (Wildman–Crippen MR) is 53.1 cm³/mol. The lowest BCUT2D eigenvalue weighted by atomic mass is 9.90. The van der Waals surface area contributed by atoms with Gasteiger partial charge in [0.05, 0.1) is 0 Å².